The predicted molar refractivity (Wildman–Crippen MR) is 255 cm³/mol. The molecule has 3 heterocycles. The van der Waals surface area contributed by atoms with E-state index < -0.39 is 16.1 Å². The number of aryl methyl sites for hydroxylation is 1. The summed E-state index contributed by atoms with van der Waals surface area (Å²) in [5.41, 5.74) is 5.53. The third-order valence-corrected chi connectivity index (χ3v) is 22.3. The van der Waals surface area contributed by atoms with E-state index in [-0.39, 0.29) is 0 Å². The van der Waals surface area contributed by atoms with Crippen molar-refractivity contribution in [2.45, 2.75) is 13.3 Å². The van der Waals surface area contributed by atoms with Crippen molar-refractivity contribution in [1.82, 2.24) is 9.97 Å². The molecule has 2 aliphatic heterocycles. The molecule has 11 rings (SSSR count). The van der Waals surface area contributed by atoms with Crippen LogP contribution in [-0.4, -0.2) is 26.1 Å². The standard InChI is InChI=1S/C54H42N4Si2/c1-2-40-39-53(57-45-31-15-19-35-49(45)59(41-23-7-3-8-24-41,42-25-9-4-10-26-42)50-36-20-16-32-46(50)57)56-54(55-40)58-47-33-17-21-37-51(47)60(43-27-11-5-12-28-43,44-29-13-6-14-30-44)52-38-22-18-34-48(52)58/h3-39H,2H2,1H3. The van der Waals surface area contributed by atoms with Crippen LogP contribution < -0.4 is 51.3 Å². The Morgan fingerprint density at radius 3 is 0.983 bits per heavy atom. The predicted octanol–water partition coefficient (Wildman–Crippen LogP) is 7.36. The van der Waals surface area contributed by atoms with Crippen molar-refractivity contribution in [3.8, 4) is 0 Å². The van der Waals surface area contributed by atoms with Crippen molar-refractivity contribution in [2.24, 2.45) is 0 Å². The van der Waals surface area contributed by atoms with Gasteiger partial charge in [0.05, 0.1) is 0 Å². The summed E-state index contributed by atoms with van der Waals surface area (Å²) in [6, 6.07) is 82.9. The number of anilines is 6. The SMILES string of the molecule is CCc1cc(N2c3ccccc3[Si](c3ccccc3)(c3ccccc3)c3ccccc32)nc(N2c3ccccc3[Si](c3ccccc3)(c3ccccc3)c3ccccc32)n1. The van der Waals surface area contributed by atoms with Crippen LogP contribution in [0.2, 0.25) is 0 Å². The van der Waals surface area contributed by atoms with E-state index in [1.807, 2.05) is 0 Å². The van der Waals surface area contributed by atoms with Gasteiger partial charge >= 0.3 is 0 Å². The van der Waals surface area contributed by atoms with Gasteiger partial charge in [-0.2, -0.15) is 4.98 Å². The fraction of sp³-hybridized carbons (Fsp3) is 0.0370. The zero-order chi connectivity index (χ0) is 40.1. The first-order chi connectivity index (χ1) is 29.7. The van der Waals surface area contributed by atoms with Gasteiger partial charge in [-0.25, -0.2) is 4.98 Å². The highest BCUT2D eigenvalue weighted by Crippen LogP contribution is 2.41. The lowest BCUT2D eigenvalue weighted by Gasteiger charge is -2.45. The van der Waals surface area contributed by atoms with Crippen LogP contribution in [0.5, 0.6) is 0 Å². The average Bonchev–Trinajstić information content (AvgIpc) is 3.33. The summed E-state index contributed by atoms with van der Waals surface area (Å²) >= 11 is 0. The van der Waals surface area contributed by atoms with Crippen molar-refractivity contribution in [2.75, 3.05) is 9.80 Å². The van der Waals surface area contributed by atoms with Crippen LogP contribution in [0.25, 0.3) is 0 Å². The molecule has 0 spiro atoms. The van der Waals surface area contributed by atoms with Gasteiger partial charge in [0.25, 0.3) is 0 Å². The zero-order valence-electron chi connectivity index (χ0n) is 33.4. The van der Waals surface area contributed by atoms with Crippen LogP contribution >= 0.6 is 0 Å². The van der Waals surface area contributed by atoms with Crippen molar-refractivity contribution in [3.05, 3.63) is 230 Å². The van der Waals surface area contributed by atoms with Gasteiger partial charge in [0.1, 0.15) is 5.82 Å². The largest absolute Gasteiger partial charge is 0.295 e. The van der Waals surface area contributed by atoms with Crippen LogP contribution in [0.15, 0.2) is 224 Å². The fourth-order valence-electron chi connectivity index (χ4n) is 10.2. The van der Waals surface area contributed by atoms with E-state index >= 15 is 0 Å². The van der Waals surface area contributed by atoms with E-state index in [9.17, 15) is 0 Å². The molecule has 60 heavy (non-hydrogen) atoms. The summed E-state index contributed by atoms with van der Waals surface area (Å²) in [7, 11) is -5.58. The number of benzene rings is 8. The molecule has 2 aliphatic rings. The molecule has 0 bridgehead atoms. The lowest BCUT2D eigenvalue weighted by atomic mass is 10.2. The van der Waals surface area contributed by atoms with E-state index in [4.69, 9.17) is 9.97 Å². The molecule has 0 atom stereocenters. The second-order valence-corrected chi connectivity index (χ2v) is 23.0. The van der Waals surface area contributed by atoms with Gasteiger partial charge in [-0.15, -0.1) is 0 Å². The number of nitrogens with zero attached hydrogens (tertiary/aromatic N) is 4. The highest BCUT2D eigenvalue weighted by molar-refractivity contribution is 7.22. The first-order valence-corrected chi connectivity index (χ1v) is 24.8. The summed E-state index contributed by atoms with van der Waals surface area (Å²) in [6.45, 7) is 2.19. The molecule has 0 fully saturated rings. The van der Waals surface area contributed by atoms with E-state index in [1.165, 1.54) is 41.5 Å². The lowest BCUT2D eigenvalue weighted by molar-refractivity contribution is 0.969. The Morgan fingerprint density at radius 1 is 0.350 bits per heavy atom. The number of hydrogen-bond donors (Lipinski definition) is 0. The second kappa shape index (κ2) is 14.6. The Kier molecular flexibility index (Phi) is 8.76. The summed E-state index contributed by atoms with van der Waals surface area (Å²) in [5.74, 6) is 1.53. The highest BCUT2D eigenvalue weighted by atomic mass is 28.3. The molecular weight excluding hydrogens is 761 g/mol. The van der Waals surface area contributed by atoms with Crippen molar-refractivity contribution in [3.63, 3.8) is 0 Å². The molecule has 8 aromatic carbocycles. The molecule has 286 valence electrons. The highest BCUT2D eigenvalue weighted by Gasteiger charge is 2.51. The number of para-hydroxylation sites is 4. The molecule has 0 amide bonds. The average molecular weight is 803 g/mol. The van der Waals surface area contributed by atoms with Crippen LogP contribution in [0.3, 0.4) is 0 Å². The minimum atomic E-state index is -2.80. The minimum Gasteiger partial charge on any atom is -0.295 e. The van der Waals surface area contributed by atoms with Crippen LogP contribution in [-0.2, 0) is 6.42 Å². The second-order valence-electron chi connectivity index (χ2n) is 15.6. The molecule has 1 aromatic heterocycles. The molecule has 9 aromatic rings. The maximum absolute atomic E-state index is 5.68. The Labute approximate surface area is 353 Å². The third kappa shape index (κ3) is 5.28. The molecule has 0 saturated heterocycles. The van der Waals surface area contributed by atoms with Gasteiger partial charge in [-0.1, -0.05) is 201 Å². The van der Waals surface area contributed by atoms with Crippen molar-refractivity contribution in [1.29, 1.82) is 0 Å². The Balaban J connectivity index is 1.17. The Hall–Kier alpha value is -7.13. The van der Waals surface area contributed by atoms with Gasteiger partial charge in [-0.05, 0) is 72.2 Å². The summed E-state index contributed by atoms with van der Waals surface area (Å²) in [5, 5.41) is 10.8. The van der Waals surface area contributed by atoms with Gasteiger partial charge in [-0.3, -0.25) is 9.80 Å². The van der Waals surface area contributed by atoms with Crippen molar-refractivity contribution < 1.29 is 0 Å². The quantitative estimate of drug-likeness (QED) is 0.158. The molecule has 0 N–H and O–H groups in total. The minimum absolute atomic E-state index is 0.670. The van der Waals surface area contributed by atoms with Crippen LogP contribution in [0.1, 0.15) is 12.6 Å². The smallest absolute Gasteiger partial charge is 0.236 e. The van der Waals surface area contributed by atoms with Gasteiger partial charge < -0.3 is 0 Å². The summed E-state index contributed by atoms with van der Waals surface area (Å²) < 4.78 is 0. The number of aromatic nitrogens is 2. The maximum atomic E-state index is 5.68. The molecule has 4 nitrogen and oxygen atoms in total. The topological polar surface area (TPSA) is 32.3 Å². The monoisotopic (exact) mass is 802 g/mol. The number of rotatable bonds is 7. The third-order valence-electron chi connectivity index (χ3n) is 12.6. The Morgan fingerprint density at radius 2 is 0.650 bits per heavy atom. The van der Waals surface area contributed by atoms with Crippen LogP contribution in [0, 0.1) is 0 Å². The Bertz CT molecular complexity index is 2620. The summed E-state index contributed by atoms with van der Waals surface area (Å²) in [6.07, 6.45) is 0.760. The first kappa shape index (κ1) is 36.0. The molecule has 0 saturated carbocycles. The van der Waals surface area contributed by atoms with Crippen molar-refractivity contribution >= 4 is 92.2 Å². The fourth-order valence-corrected chi connectivity index (χ4v) is 20.4. The molecule has 0 radical (unpaired) electrons. The van der Waals surface area contributed by atoms with E-state index in [2.05, 4.69) is 241 Å². The van der Waals surface area contributed by atoms with E-state index in [0.717, 1.165) is 40.7 Å². The maximum Gasteiger partial charge on any atom is 0.236 e. The number of fused-ring (bicyclic) bond motifs is 4. The molecule has 6 heteroatoms. The van der Waals surface area contributed by atoms with Gasteiger partial charge in [0.15, 0.2) is 16.1 Å². The molecule has 0 aliphatic carbocycles. The molecular formula is C54H42N4Si2. The van der Waals surface area contributed by atoms with Crippen LogP contribution in [0.4, 0.5) is 34.5 Å². The van der Waals surface area contributed by atoms with Gasteiger partial charge in [0.2, 0.25) is 5.95 Å². The normalized spacial score (nSPS) is 14.3. The summed E-state index contributed by atoms with van der Waals surface area (Å²) in [4.78, 5) is 15.8. The molecule has 0 unspecified atom stereocenters. The number of hydrogen-bond acceptors (Lipinski definition) is 4. The lowest BCUT2D eigenvalue weighted by Crippen LogP contribution is -2.77. The van der Waals surface area contributed by atoms with E-state index in [0.29, 0.717) is 5.95 Å². The van der Waals surface area contributed by atoms with E-state index in [1.54, 1.807) is 0 Å². The van der Waals surface area contributed by atoms with Gasteiger partial charge in [0, 0.05) is 34.5 Å². The zero-order valence-corrected chi connectivity index (χ0v) is 35.4. The first-order valence-electron chi connectivity index (χ1n) is 20.8.